The van der Waals surface area contributed by atoms with Crippen molar-refractivity contribution in [2.75, 3.05) is 51.6 Å². The van der Waals surface area contributed by atoms with Crippen molar-refractivity contribution in [3.8, 4) is 0 Å². The van der Waals surface area contributed by atoms with Gasteiger partial charge in [0, 0.05) is 57.4 Å². The number of likely N-dealkylation sites (N-methyl/N-ethyl adjacent to an activating group) is 1. The molecule has 0 bridgehead atoms. The van der Waals surface area contributed by atoms with Crippen LogP contribution in [-0.2, 0) is 4.79 Å². The molecule has 1 aromatic carbocycles. The number of hydrogen-bond donors (Lipinski definition) is 2. The number of piperazine rings is 1. The van der Waals surface area contributed by atoms with Crippen LogP contribution in [0, 0.1) is 12.8 Å². The number of nitrogens with zero attached hydrogens (tertiary/aromatic N) is 3. The predicted octanol–water partition coefficient (Wildman–Crippen LogP) is 2.33. The molecule has 7 heteroatoms. The standard InChI is InChI=1S/C21H32N4O3/c1-16-3-6-18(7-4-16)22-21(28)25-10-9-19(17(15-25)5-8-20(26)27)24-13-11-23(2)12-14-24/h3-4,6-7,17,19H,5,8-15H2,1-2H3,(H,22,28)(H,26,27)/t17-,19+/m0/s1. The average molecular weight is 389 g/mol. The molecule has 0 unspecified atom stereocenters. The van der Waals surface area contributed by atoms with Crippen molar-refractivity contribution >= 4 is 17.7 Å². The predicted molar refractivity (Wildman–Crippen MR) is 110 cm³/mol. The van der Waals surface area contributed by atoms with Gasteiger partial charge in [0.25, 0.3) is 0 Å². The van der Waals surface area contributed by atoms with Gasteiger partial charge in [-0.25, -0.2) is 4.79 Å². The molecule has 7 nitrogen and oxygen atoms in total. The maximum absolute atomic E-state index is 12.7. The van der Waals surface area contributed by atoms with E-state index in [0.717, 1.165) is 43.9 Å². The lowest BCUT2D eigenvalue weighted by Gasteiger charge is -2.46. The van der Waals surface area contributed by atoms with Gasteiger partial charge >= 0.3 is 12.0 Å². The summed E-state index contributed by atoms with van der Waals surface area (Å²) in [7, 11) is 2.14. The minimum atomic E-state index is -0.765. The molecule has 0 spiro atoms. The summed E-state index contributed by atoms with van der Waals surface area (Å²) >= 11 is 0. The van der Waals surface area contributed by atoms with Gasteiger partial charge < -0.3 is 20.2 Å². The molecule has 28 heavy (non-hydrogen) atoms. The summed E-state index contributed by atoms with van der Waals surface area (Å²) in [4.78, 5) is 30.6. The Morgan fingerprint density at radius 2 is 1.79 bits per heavy atom. The van der Waals surface area contributed by atoms with Gasteiger partial charge in [-0.1, -0.05) is 17.7 Å². The number of amides is 2. The Labute approximate surface area is 167 Å². The first-order valence-corrected chi connectivity index (χ1v) is 10.2. The number of anilines is 1. The van der Waals surface area contributed by atoms with Crippen LogP contribution in [0.15, 0.2) is 24.3 Å². The van der Waals surface area contributed by atoms with E-state index in [4.69, 9.17) is 5.11 Å². The van der Waals surface area contributed by atoms with Gasteiger partial charge in [-0.05, 0) is 44.9 Å². The highest BCUT2D eigenvalue weighted by Crippen LogP contribution is 2.27. The van der Waals surface area contributed by atoms with E-state index in [-0.39, 0.29) is 18.4 Å². The van der Waals surface area contributed by atoms with Crippen LogP contribution in [0.3, 0.4) is 0 Å². The monoisotopic (exact) mass is 388 g/mol. The number of urea groups is 1. The average Bonchev–Trinajstić information content (AvgIpc) is 2.68. The van der Waals surface area contributed by atoms with E-state index in [1.807, 2.05) is 36.1 Å². The molecule has 2 atom stereocenters. The smallest absolute Gasteiger partial charge is 0.321 e. The maximum atomic E-state index is 12.7. The van der Waals surface area contributed by atoms with Gasteiger partial charge in [0.15, 0.2) is 0 Å². The summed E-state index contributed by atoms with van der Waals surface area (Å²) in [5.41, 5.74) is 1.94. The number of aryl methyl sites for hydroxylation is 1. The first kappa shape index (κ1) is 20.6. The van der Waals surface area contributed by atoms with Crippen LogP contribution in [0.25, 0.3) is 0 Å². The molecule has 0 saturated carbocycles. The molecule has 0 radical (unpaired) electrons. The highest BCUT2D eigenvalue weighted by molar-refractivity contribution is 5.89. The van der Waals surface area contributed by atoms with Crippen molar-refractivity contribution in [2.24, 2.45) is 5.92 Å². The van der Waals surface area contributed by atoms with Crippen LogP contribution in [0.4, 0.5) is 10.5 Å². The van der Waals surface area contributed by atoms with Crippen molar-refractivity contribution in [2.45, 2.75) is 32.2 Å². The summed E-state index contributed by atoms with van der Waals surface area (Å²) in [6.45, 7) is 7.45. The normalized spacial score (nSPS) is 24.1. The Bertz CT molecular complexity index is 671. The highest BCUT2D eigenvalue weighted by Gasteiger charge is 2.36. The number of benzene rings is 1. The van der Waals surface area contributed by atoms with Gasteiger partial charge in [0.05, 0.1) is 0 Å². The van der Waals surface area contributed by atoms with E-state index < -0.39 is 5.97 Å². The molecule has 2 N–H and O–H groups in total. The van der Waals surface area contributed by atoms with E-state index in [1.54, 1.807) is 0 Å². The fourth-order valence-corrected chi connectivity index (χ4v) is 4.27. The molecule has 2 aliphatic heterocycles. The van der Waals surface area contributed by atoms with Crippen molar-refractivity contribution in [1.29, 1.82) is 0 Å². The number of nitrogens with one attached hydrogen (secondary N) is 1. The lowest BCUT2D eigenvalue weighted by molar-refractivity contribution is -0.137. The van der Waals surface area contributed by atoms with E-state index >= 15 is 0 Å². The zero-order valence-corrected chi connectivity index (χ0v) is 16.9. The number of carbonyl (C=O) groups is 2. The van der Waals surface area contributed by atoms with Crippen LogP contribution in [0.1, 0.15) is 24.8 Å². The molecule has 3 rings (SSSR count). The number of carboxylic acid groups (broad SMARTS) is 1. The zero-order chi connectivity index (χ0) is 20.1. The number of rotatable bonds is 5. The van der Waals surface area contributed by atoms with Gasteiger partial charge in [0.2, 0.25) is 0 Å². The molecule has 154 valence electrons. The minimum absolute atomic E-state index is 0.0963. The molecule has 2 aliphatic rings. The van der Waals surface area contributed by atoms with E-state index in [9.17, 15) is 9.59 Å². The Morgan fingerprint density at radius 1 is 1.11 bits per heavy atom. The SMILES string of the molecule is Cc1ccc(NC(=O)N2CC[C@@H](N3CCN(C)CC3)[C@@H](CCC(=O)O)C2)cc1. The Morgan fingerprint density at radius 3 is 2.43 bits per heavy atom. The molecular weight excluding hydrogens is 356 g/mol. The quantitative estimate of drug-likeness (QED) is 0.810. The topological polar surface area (TPSA) is 76.1 Å². The second-order valence-corrected chi connectivity index (χ2v) is 8.13. The van der Waals surface area contributed by atoms with Gasteiger partial charge in [-0.15, -0.1) is 0 Å². The fraction of sp³-hybridized carbons (Fsp3) is 0.619. The largest absolute Gasteiger partial charge is 0.481 e. The van der Waals surface area contributed by atoms with E-state index in [2.05, 4.69) is 22.2 Å². The maximum Gasteiger partial charge on any atom is 0.321 e. The molecule has 2 fully saturated rings. The fourth-order valence-electron chi connectivity index (χ4n) is 4.27. The van der Waals surface area contributed by atoms with Crippen LogP contribution >= 0.6 is 0 Å². The van der Waals surface area contributed by atoms with Gasteiger partial charge in [-0.3, -0.25) is 9.69 Å². The van der Waals surface area contributed by atoms with Crippen molar-refractivity contribution in [1.82, 2.24) is 14.7 Å². The summed E-state index contributed by atoms with van der Waals surface area (Å²) in [6.07, 6.45) is 1.66. The second kappa shape index (κ2) is 9.39. The molecule has 2 heterocycles. The van der Waals surface area contributed by atoms with Crippen molar-refractivity contribution in [3.63, 3.8) is 0 Å². The third-order valence-corrected chi connectivity index (χ3v) is 6.02. The number of piperidine rings is 1. The molecule has 2 saturated heterocycles. The van der Waals surface area contributed by atoms with Crippen LogP contribution < -0.4 is 5.32 Å². The number of carboxylic acids is 1. The zero-order valence-electron chi connectivity index (χ0n) is 16.9. The Balaban J connectivity index is 1.63. The first-order chi connectivity index (χ1) is 13.4. The summed E-state index contributed by atoms with van der Waals surface area (Å²) < 4.78 is 0. The molecule has 1 aromatic rings. The minimum Gasteiger partial charge on any atom is -0.481 e. The second-order valence-electron chi connectivity index (χ2n) is 8.13. The van der Waals surface area contributed by atoms with Gasteiger partial charge in [-0.2, -0.15) is 0 Å². The molecular formula is C21H32N4O3. The third kappa shape index (κ3) is 5.45. The Hall–Kier alpha value is -2.12. The highest BCUT2D eigenvalue weighted by atomic mass is 16.4. The number of aliphatic carboxylic acids is 1. The molecule has 0 aromatic heterocycles. The third-order valence-electron chi connectivity index (χ3n) is 6.02. The van der Waals surface area contributed by atoms with E-state index in [0.29, 0.717) is 25.6 Å². The Kier molecular flexibility index (Phi) is 6.91. The van der Waals surface area contributed by atoms with Crippen LogP contribution in [0.5, 0.6) is 0 Å². The molecule has 2 amide bonds. The number of hydrogen-bond acceptors (Lipinski definition) is 4. The van der Waals surface area contributed by atoms with E-state index in [1.165, 1.54) is 0 Å². The lowest BCUT2D eigenvalue weighted by Crippen LogP contribution is -2.57. The summed E-state index contributed by atoms with van der Waals surface area (Å²) in [6, 6.07) is 8.03. The van der Waals surface area contributed by atoms with Crippen molar-refractivity contribution < 1.29 is 14.7 Å². The first-order valence-electron chi connectivity index (χ1n) is 10.2. The summed E-state index contributed by atoms with van der Waals surface area (Å²) in [5.74, 6) is -0.574. The lowest BCUT2D eigenvalue weighted by atomic mass is 9.86. The molecule has 0 aliphatic carbocycles. The number of likely N-dealkylation sites (tertiary alicyclic amines) is 1. The van der Waals surface area contributed by atoms with Gasteiger partial charge in [0.1, 0.15) is 0 Å². The van der Waals surface area contributed by atoms with Crippen molar-refractivity contribution in [3.05, 3.63) is 29.8 Å². The summed E-state index contributed by atoms with van der Waals surface area (Å²) in [5, 5.41) is 12.1. The van der Waals surface area contributed by atoms with Crippen LogP contribution in [-0.4, -0.2) is 84.2 Å². The number of carbonyl (C=O) groups excluding carboxylic acids is 1. The van der Waals surface area contributed by atoms with Crippen LogP contribution in [0.2, 0.25) is 0 Å².